The number of rotatable bonds is 15. The molecule has 0 radical (unpaired) electrons. The van der Waals surface area contributed by atoms with E-state index < -0.39 is 64.0 Å². The molecule has 66 heavy (non-hydrogen) atoms. The summed E-state index contributed by atoms with van der Waals surface area (Å²) in [6.45, 7) is 10.8. The van der Waals surface area contributed by atoms with Crippen molar-refractivity contribution >= 4 is 23.7 Å². The van der Waals surface area contributed by atoms with Crippen molar-refractivity contribution in [2.24, 2.45) is 5.92 Å². The molecule has 0 bridgehead atoms. The van der Waals surface area contributed by atoms with Gasteiger partial charge in [0.2, 0.25) is 0 Å². The highest BCUT2D eigenvalue weighted by Crippen LogP contribution is 2.53. The monoisotopic (exact) mass is 882 g/mol. The highest BCUT2D eigenvalue weighted by Gasteiger charge is 2.50. The molecule has 6 aromatic rings. The van der Waals surface area contributed by atoms with Crippen LogP contribution in [-0.2, 0) is 44.5 Å². The lowest BCUT2D eigenvalue weighted by molar-refractivity contribution is -0.159. The first-order chi connectivity index (χ1) is 31.6. The van der Waals surface area contributed by atoms with Crippen LogP contribution in [0.3, 0.4) is 0 Å². The van der Waals surface area contributed by atoms with Gasteiger partial charge in [-0.1, -0.05) is 158 Å². The summed E-state index contributed by atoms with van der Waals surface area (Å²) >= 11 is 0. The van der Waals surface area contributed by atoms with E-state index in [1.165, 1.54) is 7.11 Å². The number of carbonyl (C=O) groups is 4. The molecular weight excluding hydrogens is 825 g/mol. The van der Waals surface area contributed by atoms with Crippen molar-refractivity contribution < 1.29 is 33.4 Å². The number of nitrogens with one attached hydrogen (secondary N) is 2. The summed E-state index contributed by atoms with van der Waals surface area (Å²) in [6.07, 6.45) is -0.528. The van der Waals surface area contributed by atoms with E-state index in [-0.39, 0.29) is 19.3 Å². The van der Waals surface area contributed by atoms with Gasteiger partial charge in [0.15, 0.2) is 0 Å². The zero-order chi connectivity index (χ0) is 46.9. The second-order valence-corrected chi connectivity index (χ2v) is 19.2. The topological polar surface area (TPSA) is 120 Å². The standard InChI is InChI=1S/C57H58N2O7/c1-54(2,3)65-52(62)48(58-56(37-22-10-8-11-23-37)44-30-18-14-26-39(44)40-27-15-19-31-45(40)56)34-35-50(60)43(51(61)64-7)36-49(53(63)66-55(4,5)6)59-57(38-24-12-9-13-25-38)46-32-20-16-28-41(46)42-29-17-21-33-47(42)57/h8-33,43,48-49,58-59H,34-36H2,1-7H3/t43?,48-,49+/m0/s1. The Balaban J connectivity index is 1.18. The van der Waals surface area contributed by atoms with Crippen LogP contribution in [0.2, 0.25) is 0 Å². The fraction of sp³-hybridized carbons (Fsp3) is 0.298. The SMILES string of the molecule is COC(=O)C(C[C@@H](NC1(c2ccccc2)c2ccccc2-c2ccccc21)C(=O)OC(C)(C)C)C(=O)CC[C@H](NC1(c2ccccc2)c2ccccc2-c2ccccc21)C(=O)OC(C)(C)C. The second-order valence-electron chi connectivity index (χ2n) is 19.2. The van der Waals surface area contributed by atoms with E-state index in [2.05, 4.69) is 47.0 Å². The molecule has 0 amide bonds. The Morgan fingerprint density at radius 1 is 0.470 bits per heavy atom. The van der Waals surface area contributed by atoms with Gasteiger partial charge in [-0.3, -0.25) is 29.8 Å². The molecular formula is C57H58N2O7. The summed E-state index contributed by atoms with van der Waals surface area (Å²) in [7, 11) is 1.23. The van der Waals surface area contributed by atoms with Gasteiger partial charge in [-0.15, -0.1) is 0 Å². The van der Waals surface area contributed by atoms with Gasteiger partial charge in [-0.05, 0) is 110 Å². The Morgan fingerprint density at radius 3 is 1.17 bits per heavy atom. The average molecular weight is 883 g/mol. The van der Waals surface area contributed by atoms with Crippen LogP contribution in [0.5, 0.6) is 0 Å². The van der Waals surface area contributed by atoms with Crippen LogP contribution in [-0.4, -0.2) is 54.1 Å². The lowest BCUT2D eigenvalue weighted by Crippen LogP contribution is -2.54. The van der Waals surface area contributed by atoms with Crippen LogP contribution in [0.15, 0.2) is 158 Å². The molecule has 1 unspecified atom stereocenters. The number of Topliss-reactive ketones (excluding diaryl/α,β-unsaturated/α-hetero) is 1. The summed E-state index contributed by atoms with van der Waals surface area (Å²) in [5.41, 5.74) is 5.73. The molecule has 8 rings (SSSR count). The Hall–Kier alpha value is -6.68. The van der Waals surface area contributed by atoms with Crippen LogP contribution >= 0.6 is 0 Å². The normalized spacial score (nSPS) is 15.5. The lowest BCUT2D eigenvalue weighted by Gasteiger charge is -2.38. The maximum absolute atomic E-state index is 14.9. The molecule has 2 N–H and O–H groups in total. The first kappa shape index (κ1) is 45.9. The smallest absolute Gasteiger partial charge is 0.323 e. The van der Waals surface area contributed by atoms with Crippen molar-refractivity contribution in [3.63, 3.8) is 0 Å². The number of carbonyl (C=O) groups excluding carboxylic acids is 4. The maximum atomic E-state index is 14.9. The predicted octanol–water partition coefficient (Wildman–Crippen LogP) is 10.1. The van der Waals surface area contributed by atoms with Crippen molar-refractivity contribution in [1.82, 2.24) is 10.6 Å². The quantitative estimate of drug-likeness (QED) is 0.0590. The minimum Gasteiger partial charge on any atom is -0.468 e. The van der Waals surface area contributed by atoms with E-state index in [1.807, 2.05) is 121 Å². The third-order valence-corrected chi connectivity index (χ3v) is 12.5. The average Bonchev–Trinajstić information content (AvgIpc) is 3.76. The molecule has 0 spiro atoms. The largest absolute Gasteiger partial charge is 0.468 e. The van der Waals surface area contributed by atoms with Gasteiger partial charge >= 0.3 is 17.9 Å². The van der Waals surface area contributed by atoms with Crippen molar-refractivity contribution in [1.29, 1.82) is 0 Å². The van der Waals surface area contributed by atoms with Crippen molar-refractivity contribution in [2.45, 2.75) is 95.2 Å². The zero-order valence-corrected chi connectivity index (χ0v) is 38.7. The van der Waals surface area contributed by atoms with Gasteiger partial charge in [-0.2, -0.15) is 0 Å². The van der Waals surface area contributed by atoms with Crippen LogP contribution in [0.4, 0.5) is 0 Å². The van der Waals surface area contributed by atoms with Gasteiger partial charge < -0.3 is 14.2 Å². The molecule has 9 nitrogen and oxygen atoms in total. The minimum absolute atomic E-state index is 0.0284. The van der Waals surface area contributed by atoms with Crippen molar-refractivity contribution in [3.8, 4) is 22.3 Å². The molecule has 6 aromatic carbocycles. The van der Waals surface area contributed by atoms with Crippen LogP contribution in [0.25, 0.3) is 22.3 Å². The Bertz CT molecular complexity index is 2660. The number of methoxy groups -OCH3 is 1. The Morgan fingerprint density at radius 2 is 0.803 bits per heavy atom. The molecule has 0 saturated carbocycles. The fourth-order valence-electron chi connectivity index (χ4n) is 9.88. The van der Waals surface area contributed by atoms with E-state index >= 15 is 0 Å². The summed E-state index contributed by atoms with van der Waals surface area (Å²) in [5, 5.41) is 7.49. The van der Waals surface area contributed by atoms with E-state index in [1.54, 1.807) is 41.5 Å². The van der Waals surface area contributed by atoms with Gasteiger partial charge in [0.25, 0.3) is 0 Å². The summed E-state index contributed by atoms with van der Waals surface area (Å²) in [6, 6.07) is 49.9. The Kier molecular flexibility index (Phi) is 12.7. The third kappa shape index (κ3) is 8.73. The molecule has 338 valence electrons. The summed E-state index contributed by atoms with van der Waals surface area (Å²) in [4.78, 5) is 58.1. The number of ketones is 1. The number of benzene rings is 6. The molecule has 3 atom stereocenters. The van der Waals surface area contributed by atoms with E-state index in [9.17, 15) is 19.2 Å². The number of ether oxygens (including phenoxy) is 3. The maximum Gasteiger partial charge on any atom is 0.323 e. The predicted molar refractivity (Wildman–Crippen MR) is 256 cm³/mol. The van der Waals surface area contributed by atoms with E-state index in [0.29, 0.717) is 0 Å². The van der Waals surface area contributed by atoms with E-state index in [0.717, 1.165) is 55.6 Å². The van der Waals surface area contributed by atoms with Crippen LogP contribution in [0.1, 0.15) is 94.2 Å². The van der Waals surface area contributed by atoms with Gasteiger partial charge in [-0.25, -0.2) is 0 Å². The van der Waals surface area contributed by atoms with Crippen LogP contribution in [0, 0.1) is 5.92 Å². The highest BCUT2D eigenvalue weighted by atomic mass is 16.6. The number of hydrogen-bond acceptors (Lipinski definition) is 9. The van der Waals surface area contributed by atoms with Crippen LogP contribution < -0.4 is 10.6 Å². The first-order valence-corrected chi connectivity index (χ1v) is 22.7. The first-order valence-electron chi connectivity index (χ1n) is 22.7. The van der Waals surface area contributed by atoms with Gasteiger partial charge in [0, 0.05) is 6.42 Å². The molecule has 2 aliphatic carbocycles. The number of esters is 3. The zero-order valence-electron chi connectivity index (χ0n) is 38.7. The molecule has 0 saturated heterocycles. The molecule has 2 aliphatic rings. The van der Waals surface area contributed by atoms with E-state index in [4.69, 9.17) is 14.2 Å². The number of hydrogen-bond donors (Lipinski definition) is 2. The van der Waals surface area contributed by atoms with Crippen molar-refractivity contribution in [2.75, 3.05) is 7.11 Å². The molecule has 0 heterocycles. The summed E-state index contributed by atoms with van der Waals surface area (Å²) < 4.78 is 17.5. The summed E-state index contributed by atoms with van der Waals surface area (Å²) in [5.74, 6) is -3.86. The number of fused-ring (bicyclic) bond motifs is 6. The molecule has 0 aromatic heterocycles. The van der Waals surface area contributed by atoms with Gasteiger partial charge in [0.1, 0.15) is 35.0 Å². The Labute approximate surface area is 387 Å². The van der Waals surface area contributed by atoms with Crippen molar-refractivity contribution in [3.05, 3.63) is 191 Å². The lowest BCUT2D eigenvalue weighted by atomic mass is 9.79. The minimum atomic E-state index is -1.41. The second kappa shape index (κ2) is 18.3. The van der Waals surface area contributed by atoms with Gasteiger partial charge in [0.05, 0.1) is 18.2 Å². The fourth-order valence-corrected chi connectivity index (χ4v) is 9.88. The highest BCUT2D eigenvalue weighted by molar-refractivity contribution is 6.00. The molecule has 0 fully saturated rings. The third-order valence-electron chi connectivity index (χ3n) is 12.5. The molecule has 9 heteroatoms. The molecule has 0 aliphatic heterocycles.